The molecule has 0 spiro atoms. The molecule has 4 rings (SSSR count). The number of carbonyl (C=O) groups is 2. The van der Waals surface area contributed by atoms with Crippen LogP contribution in [0.25, 0.3) is 11.3 Å². The predicted molar refractivity (Wildman–Crippen MR) is 110 cm³/mol. The van der Waals surface area contributed by atoms with Crippen molar-refractivity contribution in [2.45, 2.75) is 32.2 Å². The highest BCUT2D eigenvalue weighted by atomic mass is 19.1. The zero-order valence-electron chi connectivity index (χ0n) is 16.4. The molecule has 0 radical (unpaired) electrons. The Hall–Kier alpha value is -3.48. The average molecular weight is 407 g/mol. The van der Waals surface area contributed by atoms with Gasteiger partial charge in [0.2, 0.25) is 11.8 Å². The average Bonchev–Trinajstić information content (AvgIpc) is 3.40. The maximum atomic E-state index is 13.0. The van der Waals surface area contributed by atoms with Crippen molar-refractivity contribution in [3.63, 3.8) is 0 Å². The molecule has 2 amide bonds. The summed E-state index contributed by atoms with van der Waals surface area (Å²) in [6, 6.07) is 13.6. The zero-order valence-corrected chi connectivity index (χ0v) is 16.4. The fourth-order valence-electron chi connectivity index (χ4n) is 3.44. The molecule has 30 heavy (non-hydrogen) atoms. The van der Waals surface area contributed by atoms with Gasteiger partial charge in [-0.15, -0.1) is 0 Å². The van der Waals surface area contributed by atoms with Gasteiger partial charge in [0.05, 0.1) is 6.20 Å². The second-order valence-corrected chi connectivity index (χ2v) is 7.22. The summed E-state index contributed by atoms with van der Waals surface area (Å²) in [4.78, 5) is 30.1. The quantitative estimate of drug-likeness (QED) is 0.645. The highest BCUT2D eigenvalue weighted by Crippen LogP contribution is 2.23. The summed E-state index contributed by atoms with van der Waals surface area (Å²) >= 11 is 0. The summed E-state index contributed by atoms with van der Waals surface area (Å²) in [5.41, 5.74) is 2.54. The molecular formula is C23H22FN3O3. The molecule has 0 unspecified atom stereocenters. The number of anilines is 1. The van der Waals surface area contributed by atoms with Crippen molar-refractivity contribution >= 4 is 17.5 Å². The summed E-state index contributed by atoms with van der Waals surface area (Å²) in [5, 5.41) is 2.89. The van der Waals surface area contributed by atoms with Gasteiger partial charge >= 0.3 is 0 Å². The van der Waals surface area contributed by atoms with E-state index in [1.54, 1.807) is 23.2 Å². The number of carbonyl (C=O) groups excluding carboxylic acids is 2. The van der Waals surface area contributed by atoms with Crippen LogP contribution < -0.4 is 10.2 Å². The van der Waals surface area contributed by atoms with E-state index < -0.39 is 0 Å². The molecule has 154 valence electrons. The number of aromatic nitrogens is 1. The minimum absolute atomic E-state index is 0.112. The fraction of sp³-hybridized carbons (Fsp3) is 0.261. The summed E-state index contributed by atoms with van der Waals surface area (Å²) in [7, 11) is 0. The third-order valence-electron chi connectivity index (χ3n) is 5.03. The molecule has 0 aliphatic carbocycles. The molecule has 0 atom stereocenters. The Morgan fingerprint density at radius 3 is 2.80 bits per heavy atom. The number of hydrogen-bond donors (Lipinski definition) is 1. The molecule has 7 heteroatoms. The van der Waals surface area contributed by atoms with Crippen molar-refractivity contribution in [2.75, 3.05) is 11.4 Å². The second kappa shape index (κ2) is 8.90. The van der Waals surface area contributed by atoms with Gasteiger partial charge in [0, 0.05) is 43.6 Å². The number of amides is 2. The Morgan fingerprint density at radius 1 is 1.20 bits per heavy atom. The number of aryl methyl sites for hydroxylation is 1. The Morgan fingerprint density at radius 2 is 2.03 bits per heavy atom. The third kappa shape index (κ3) is 4.74. The standard InChI is InChI=1S/C23H22FN3O3/c24-18-8-6-17(7-9-18)20-15-26-22(30-20)11-10-21(28)25-14-16-3-1-4-19(13-16)27-12-2-5-23(27)29/h1,3-4,6-9,13,15H,2,5,10-12,14H2,(H,25,28). The highest BCUT2D eigenvalue weighted by Gasteiger charge is 2.21. The van der Waals surface area contributed by atoms with Gasteiger partial charge in [0.15, 0.2) is 11.7 Å². The van der Waals surface area contributed by atoms with Crippen LogP contribution in [-0.4, -0.2) is 23.3 Å². The van der Waals surface area contributed by atoms with Crippen molar-refractivity contribution in [1.82, 2.24) is 10.3 Å². The first-order valence-electron chi connectivity index (χ1n) is 9.95. The number of nitrogens with zero attached hydrogens (tertiary/aromatic N) is 2. The molecule has 3 aromatic rings. The highest BCUT2D eigenvalue weighted by molar-refractivity contribution is 5.95. The van der Waals surface area contributed by atoms with Gasteiger partial charge < -0.3 is 14.6 Å². The topological polar surface area (TPSA) is 75.4 Å². The first-order chi connectivity index (χ1) is 14.6. The van der Waals surface area contributed by atoms with E-state index >= 15 is 0 Å². The van der Waals surface area contributed by atoms with Gasteiger partial charge in [0.1, 0.15) is 5.82 Å². The molecule has 1 aromatic heterocycles. The lowest BCUT2D eigenvalue weighted by molar-refractivity contribution is -0.121. The van der Waals surface area contributed by atoms with E-state index in [2.05, 4.69) is 10.3 Å². The predicted octanol–water partition coefficient (Wildman–Crippen LogP) is 3.86. The monoisotopic (exact) mass is 407 g/mol. The van der Waals surface area contributed by atoms with Crippen molar-refractivity contribution in [1.29, 1.82) is 0 Å². The SMILES string of the molecule is O=C(CCc1ncc(-c2ccc(F)cc2)o1)NCc1cccc(N2CCCC2=O)c1. The van der Waals surface area contributed by atoms with E-state index in [1.165, 1.54) is 12.1 Å². The van der Waals surface area contributed by atoms with Crippen LogP contribution >= 0.6 is 0 Å². The second-order valence-electron chi connectivity index (χ2n) is 7.22. The lowest BCUT2D eigenvalue weighted by Crippen LogP contribution is -2.25. The van der Waals surface area contributed by atoms with Gasteiger partial charge in [0.25, 0.3) is 0 Å². The Kier molecular flexibility index (Phi) is 5.88. The Balaban J connectivity index is 1.28. The van der Waals surface area contributed by atoms with Crippen LogP contribution in [-0.2, 0) is 22.6 Å². The number of nitrogens with one attached hydrogen (secondary N) is 1. The van der Waals surface area contributed by atoms with Crippen LogP contribution in [0.4, 0.5) is 10.1 Å². The van der Waals surface area contributed by atoms with Crippen LogP contribution in [0, 0.1) is 5.82 Å². The van der Waals surface area contributed by atoms with Crippen molar-refractivity contribution in [3.8, 4) is 11.3 Å². The molecule has 0 saturated carbocycles. The van der Waals surface area contributed by atoms with E-state index in [4.69, 9.17) is 4.42 Å². The van der Waals surface area contributed by atoms with Gasteiger partial charge in [-0.3, -0.25) is 9.59 Å². The van der Waals surface area contributed by atoms with Crippen molar-refractivity contribution in [2.24, 2.45) is 0 Å². The van der Waals surface area contributed by atoms with E-state index in [1.807, 2.05) is 24.3 Å². The molecule has 2 heterocycles. The normalized spacial score (nSPS) is 13.6. The van der Waals surface area contributed by atoms with Crippen LogP contribution in [0.3, 0.4) is 0 Å². The molecule has 1 N–H and O–H groups in total. The first kappa shape index (κ1) is 19.8. The lowest BCUT2D eigenvalue weighted by atomic mass is 10.2. The van der Waals surface area contributed by atoms with Crippen LogP contribution in [0.1, 0.15) is 30.7 Å². The third-order valence-corrected chi connectivity index (χ3v) is 5.03. The molecule has 0 bridgehead atoms. The molecule has 1 aliphatic rings. The number of benzene rings is 2. The summed E-state index contributed by atoms with van der Waals surface area (Å²) < 4.78 is 18.7. The van der Waals surface area contributed by atoms with Crippen LogP contribution in [0.5, 0.6) is 0 Å². The maximum Gasteiger partial charge on any atom is 0.227 e. The van der Waals surface area contributed by atoms with E-state index in [9.17, 15) is 14.0 Å². The Bertz CT molecular complexity index is 1050. The van der Waals surface area contributed by atoms with Gasteiger partial charge in [-0.1, -0.05) is 12.1 Å². The van der Waals surface area contributed by atoms with Gasteiger partial charge in [-0.25, -0.2) is 9.37 Å². The van der Waals surface area contributed by atoms with Crippen molar-refractivity contribution < 1.29 is 18.4 Å². The van der Waals surface area contributed by atoms with Crippen LogP contribution in [0.15, 0.2) is 59.1 Å². The fourth-order valence-corrected chi connectivity index (χ4v) is 3.44. The zero-order chi connectivity index (χ0) is 20.9. The summed E-state index contributed by atoms with van der Waals surface area (Å²) in [5.74, 6) is 0.715. The molecule has 1 fully saturated rings. The molecule has 1 aliphatic heterocycles. The summed E-state index contributed by atoms with van der Waals surface area (Å²) in [6.45, 7) is 1.13. The van der Waals surface area contributed by atoms with E-state index in [-0.39, 0.29) is 24.1 Å². The van der Waals surface area contributed by atoms with Gasteiger partial charge in [-0.05, 0) is 48.4 Å². The lowest BCUT2D eigenvalue weighted by Gasteiger charge is -2.16. The largest absolute Gasteiger partial charge is 0.441 e. The van der Waals surface area contributed by atoms with Gasteiger partial charge in [-0.2, -0.15) is 0 Å². The first-order valence-corrected chi connectivity index (χ1v) is 9.95. The molecule has 1 saturated heterocycles. The number of oxazole rings is 1. The van der Waals surface area contributed by atoms with Crippen molar-refractivity contribution in [3.05, 3.63) is 72.0 Å². The minimum Gasteiger partial charge on any atom is -0.441 e. The van der Waals surface area contributed by atoms with E-state index in [0.29, 0.717) is 31.0 Å². The molecular weight excluding hydrogens is 385 g/mol. The summed E-state index contributed by atoms with van der Waals surface area (Å²) in [6.07, 6.45) is 3.66. The number of hydrogen-bond acceptors (Lipinski definition) is 4. The minimum atomic E-state index is -0.312. The molecule has 2 aromatic carbocycles. The Labute approximate surface area is 173 Å². The smallest absolute Gasteiger partial charge is 0.227 e. The molecule has 6 nitrogen and oxygen atoms in total. The van der Waals surface area contributed by atoms with Crippen LogP contribution in [0.2, 0.25) is 0 Å². The van der Waals surface area contributed by atoms with E-state index in [0.717, 1.165) is 29.8 Å². The number of halogens is 1. The maximum absolute atomic E-state index is 13.0. The number of rotatable bonds is 7.